The van der Waals surface area contributed by atoms with Gasteiger partial charge in [0.2, 0.25) is 5.88 Å². The molecular formula is C18H17N3O4. The predicted molar refractivity (Wildman–Crippen MR) is 91.1 cm³/mol. The molecule has 2 aromatic rings. The van der Waals surface area contributed by atoms with Crippen LogP contribution in [0.15, 0.2) is 36.5 Å². The van der Waals surface area contributed by atoms with Crippen molar-refractivity contribution in [2.45, 2.75) is 18.9 Å². The van der Waals surface area contributed by atoms with Crippen LogP contribution in [0.2, 0.25) is 0 Å². The molecule has 1 aromatic carbocycles. The second-order valence-electron chi connectivity index (χ2n) is 6.00. The maximum absolute atomic E-state index is 12.8. The number of nitrogens with one attached hydrogen (secondary N) is 1. The van der Waals surface area contributed by atoms with E-state index in [0.717, 1.165) is 6.42 Å². The lowest BCUT2D eigenvalue weighted by Crippen LogP contribution is -2.27. The van der Waals surface area contributed by atoms with Crippen molar-refractivity contribution in [2.75, 3.05) is 23.9 Å². The highest BCUT2D eigenvalue weighted by Crippen LogP contribution is 2.37. The van der Waals surface area contributed by atoms with E-state index in [1.54, 1.807) is 43.6 Å². The Balaban J connectivity index is 1.64. The van der Waals surface area contributed by atoms with Gasteiger partial charge in [-0.05, 0) is 43.2 Å². The summed E-state index contributed by atoms with van der Waals surface area (Å²) in [5.41, 5.74) is 1.49. The molecule has 3 heterocycles. The fraction of sp³-hybridized carbons (Fsp3) is 0.278. The van der Waals surface area contributed by atoms with E-state index in [4.69, 9.17) is 9.47 Å². The number of fused-ring (bicyclic) bond motifs is 2. The zero-order valence-corrected chi connectivity index (χ0v) is 13.7. The molecule has 1 atom stereocenters. The lowest BCUT2D eigenvalue weighted by molar-refractivity contribution is -0.124. The third-order valence-electron chi connectivity index (χ3n) is 4.32. The summed E-state index contributed by atoms with van der Waals surface area (Å²) in [7, 11) is 1.67. The van der Waals surface area contributed by atoms with Gasteiger partial charge in [0.15, 0.2) is 0 Å². The Morgan fingerprint density at radius 1 is 1.36 bits per heavy atom. The van der Waals surface area contributed by atoms with Crippen molar-refractivity contribution in [3.05, 3.63) is 42.1 Å². The molecule has 2 amide bonds. The van der Waals surface area contributed by atoms with Crippen LogP contribution in [-0.2, 0) is 9.53 Å². The van der Waals surface area contributed by atoms with Crippen LogP contribution in [0.3, 0.4) is 0 Å². The number of benzene rings is 1. The molecule has 1 saturated heterocycles. The van der Waals surface area contributed by atoms with Crippen LogP contribution in [0.4, 0.5) is 11.4 Å². The van der Waals surface area contributed by atoms with Gasteiger partial charge in [-0.1, -0.05) is 0 Å². The molecule has 0 spiro atoms. The fourth-order valence-electron chi connectivity index (χ4n) is 2.98. The number of rotatable bonds is 2. The van der Waals surface area contributed by atoms with Crippen molar-refractivity contribution in [1.82, 2.24) is 4.98 Å². The van der Waals surface area contributed by atoms with Gasteiger partial charge in [0.25, 0.3) is 11.8 Å². The molecule has 4 rings (SSSR count). The third kappa shape index (κ3) is 2.83. The van der Waals surface area contributed by atoms with Crippen molar-refractivity contribution in [1.29, 1.82) is 0 Å². The highest BCUT2D eigenvalue weighted by Gasteiger charge is 2.28. The molecule has 2 aliphatic rings. The van der Waals surface area contributed by atoms with Gasteiger partial charge in [0.05, 0.1) is 5.56 Å². The number of anilines is 2. The Morgan fingerprint density at radius 2 is 2.24 bits per heavy atom. The average Bonchev–Trinajstić information content (AvgIpc) is 3.14. The molecule has 1 fully saturated rings. The molecule has 128 valence electrons. The monoisotopic (exact) mass is 339 g/mol. The van der Waals surface area contributed by atoms with Gasteiger partial charge < -0.3 is 19.7 Å². The van der Waals surface area contributed by atoms with E-state index in [-0.39, 0.29) is 11.8 Å². The van der Waals surface area contributed by atoms with Gasteiger partial charge in [-0.2, -0.15) is 0 Å². The minimum absolute atomic E-state index is 0.197. The van der Waals surface area contributed by atoms with E-state index in [9.17, 15) is 9.59 Å². The minimum atomic E-state index is -0.429. The van der Waals surface area contributed by atoms with E-state index >= 15 is 0 Å². The number of carbonyl (C=O) groups excluding carboxylic acids is 2. The highest BCUT2D eigenvalue weighted by atomic mass is 16.5. The van der Waals surface area contributed by atoms with Crippen LogP contribution in [-0.4, -0.2) is 36.6 Å². The zero-order valence-electron chi connectivity index (χ0n) is 13.7. The van der Waals surface area contributed by atoms with Crippen molar-refractivity contribution in [3.8, 4) is 11.6 Å². The molecule has 0 aliphatic carbocycles. The van der Waals surface area contributed by atoms with E-state index < -0.39 is 6.10 Å². The fourth-order valence-corrected chi connectivity index (χ4v) is 2.98. The lowest BCUT2D eigenvalue weighted by atomic mass is 10.1. The Kier molecular flexibility index (Phi) is 3.85. The van der Waals surface area contributed by atoms with Crippen LogP contribution in [0, 0.1) is 0 Å². The average molecular weight is 339 g/mol. The molecule has 25 heavy (non-hydrogen) atoms. The summed E-state index contributed by atoms with van der Waals surface area (Å²) in [6.07, 6.45) is 2.77. The van der Waals surface area contributed by atoms with E-state index in [1.807, 2.05) is 0 Å². The van der Waals surface area contributed by atoms with Crippen LogP contribution < -0.4 is 15.0 Å². The number of ether oxygens (including phenoxy) is 2. The standard InChI is InChI=1S/C18H17N3O4/c1-21-13-4-2-8-19-17(13)25-14-7-6-11(10-12(14)18(21)23)20-16(22)15-5-3-9-24-15/h2,4,6-8,10,15H,3,5,9H2,1H3,(H,20,22)/t15-/m1/s1. The number of aromatic nitrogens is 1. The second-order valence-corrected chi connectivity index (χ2v) is 6.00. The molecule has 7 nitrogen and oxygen atoms in total. The second kappa shape index (κ2) is 6.18. The summed E-state index contributed by atoms with van der Waals surface area (Å²) >= 11 is 0. The van der Waals surface area contributed by atoms with Gasteiger partial charge >= 0.3 is 0 Å². The normalized spacial score (nSPS) is 18.8. The molecule has 2 aliphatic heterocycles. The Bertz CT molecular complexity index is 846. The highest BCUT2D eigenvalue weighted by molar-refractivity contribution is 6.10. The van der Waals surface area contributed by atoms with Crippen molar-refractivity contribution < 1.29 is 19.1 Å². The Labute approximate surface area is 144 Å². The van der Waals surface area contributed by atoms with Crippen molar-refractivity contribution >= 4 is 23.2 Å². The number of hydrogen-bond donors (Lipinski definition) is 1. The molecule has 7 heteroatoms. The first-order chi connectivity index (χ1) is 12.1. The molecular weight excluding hydrogens is 322 g/mol. The smallest absolute Gasteiger partial charge is 0.262 e. The number of pyridine rings is 1. The third-order valence-corrected chi connectivity index (χ3v) is 4.32. The Hall–Kier alpha value is -2.93. The van der Waals surface area contributed by atoms with Crippen molar-refractivity contribution in [3.63, 3.8) is 0 Å². The first-order valence-corrected chi connectivity index (χ1v) is 8.11. The maximum Gasteiger partial charge on any atom is 0.262 e. The topological polar surface area (TPSA) is 80.8 Å². The van der Waals surface area contributed by atoms with Crippen LogP contribution in [0.5, 0.6) is 11.6 Å². The molecule has 1 aromatic heterocycles. The lowest BCUT2D eigenvalue weighted by Gasteiger charge is -2.15. The number of amides is 2. The van der Waals surface area contributed by atoms with Gasteiger partial charge in [0.1, 0.15) is 17.5 Å². The summed E-state index contributed by atoms with van der Waals surface area (Å²) < 4.78 is 11.2. The summed E-state index contributed by atoms with van der Waals surface area (Å²) in [4.78, 5) is 30.6. The summed E-state index contributed by atoms with van der Waals surface area (Å²) in [6.45, 7) is 0.602. The number of nitrogens with zero attached hydrogens (tertiary/aromatic N) is 2. The van der Waals surface area contributed by atoms with E-state index in [2.05, 4.69) is 10.3 Å². The van der Waals surface area contributed by atoms with Crippen molar-refractivity contribution in [2.24, 2.45) is 0 Å². The van der Waals surface area contributed by atoms with E-state index in [0.29, 0.717) is 41.6 Å². The van der Waals surface area contributed by atoms with Gasteiger partial charge in [-0.25, -0.2) is 4.98 Å². The van der Waals surface area contributed by atoms with Crippen LogP contribution >= 0.6 is 0 Å². The first kappa shape index (κ1) is 15.6. The van der Waals surface area contributed by atoms with Crippen LogP contribution in [0.1, 0.15) is 23.2 Å². The largest absolute Gasteiger partial charge is 0.436 e. The quantitative estimate of drug-likeness (QED) is 0.909. The first-order valence-electron chi connectivity index (χ1n) is 8.11. The number of hydrogen-bond acceptors (Lipinski definition) is 5. The van der Waals surface area contributed by atoms with Gasteiger partial charge in [-0.15, -0.1) is 0 Å². The van der Waals surface area contributed by atoms with Crippen LogP contribution in [0.25, 0.3) is 0 Å². The molecule has 0 unspecified atom stereocenters. The summed E-state index contributed by atoms with van der Waals surface area (Å²) in [6, 6.07) is 8.50. The number of carbonyl (C=O) groups is 2. The summed E-state index contributed by atoms with van der Waals surface area (Å²) in [5.74, 6) is 0.352. The predicted octanol–water partition coefficient (Wildman–Crippen LogP) is 2.58. The van der Waals surface area contributed by atoms with Gasteiger partial charge in [-0.3, -0.25) is 9.59 Å². The maximum atomic E-state index is 12.8. The molecule has 0 bridgehead atoms. The molecule has 1 N–H and O–H groups in total. The summed E-state index contributed by atoms with van der Waals surface area (Å²) in [5, 5.41) is 2.81. The Morgan fingerprint density at radius 3 is 3.04 bits per heavy atom. The molecule has 0 saturated carbocycles. The van der Waals surface area contributed by atoms with E-state index in [1.165, 1.54) is 4.90 Å². The zero-order chi connectivity index (χ0) is 17.4. The minimum Gasteiger partial charge on any atom is -0.436 e. The SMILES string of the molecule is CN1C(=O)c2cc(NC(=O)[C@H]3CCCO3)ccc2Oc2ncccc21. The molecule has 0 radical (unpaired) electrons. The van der Waals surface area contributed by atoms with Gasteiger partial charge in [0, 0.05) is 25.5 Å².